The van der Waals surface area contributed by atoms with Crippen molar-refractivity contribution in [3.05, 3.63) is 78.2 Å². The van der Waals surface area contributed by atoms with E-state index in [4.69, 9.17) is 9.47 Å². The molecule has 2 heterocycles. The second-order valence-electron chi connectivity index (χ2n) is 6.91. The van der Waals surface area contributed by atoms with Crippen LogP contribution in [0.2, 0.25) is 0 Å². The van der Waals surface area contributed by atoms with Crippen LogP contribution in [-0.2, 0) is 6.18 Å². The lowest BCUT2D eigenvalue weighted by Crippen LogP contribution is -2.12. The molecule has 0 fully saturated rings. The number of ether oxygens (including phenoxy) is 2. The van der Waals surface area contributed by atoms with Crippen LogP contribution in [0.25, 0.3) is 16.8 Å². The van der Waals surface area contributed by atoms with Gasteiger partial charge in [0.1, 0.15) is 11.3 Å². The molecule has 0 bridgehead atoms. The predicted octanol–water partition coefficient (Wildman–Crippen LogP) is 5.29. The van der Waals surface area contributed by atoms with Crippen molar-refractivity contribution in [2.45, 2.75) is 6.18 Å². The number of carbonyl (C=O) groups is 1. The van der Waals surface area contributed by atoms with Crippen molar-refractivity contribution in [1.29, 1.82) is 0 Å². The third kappa shape index (κ3) is 4.22. The number of nitrogens with one attached hydrogen (secondary N) is 1. The summed E-state index contributed by atoms with van der Waals surface area (Å²) in [5.41, 5.74) is 1.38. The van der Waals surface area contributed by atoms with Crippen molar-refractivity contribution in [1.82, 2.24) is 9.38 Å². The molecule has 2 aromatic heterocycles. The van der Waals surface area contributed by atoms with Gasteiger partial charge in [-0.25, -0.2) is 4.98 Å². The topological polar surface area (TPSA) is 64.9 Å². The van der Waals surface area contributed by atoms with Crippen molar-refractivity contribution < 1.29 is 27.4 Å². The lowest BCUT2D eigenvalue weighted by Gasteiger charge is -2.09. The van der Waals surface area contributed by atoms with Crippen LogP contribution in [0.5, 0.6) is 11.5 Å². The maximum Gasteiger partial charge on any atom is 0.416 e. The van der Waals surface area contributed by atoms with Crippen molar-refractivity contribution in [2.75, 3.05) is 19.5 Å². The lowest BCUT2D eigenvalue weighted by molar-refractivity contribution is -0.137. The summed E-state index contributed by atoms with van der Waals surface area (Å²) in [5, 5.41) is 2.74. The van der Waals surface area contributed by atoms with Crippen LogP contribution in [0, 0.1) is 0 Å². The van der Waals surface area contributed by atoms with Crippen molar-refractivity contribution in [3.8, 4) is 22.6 Å². The number of nitrogens with zero attached hydrogens (tertiary/aromatic N) is 2. The van der Waals surface area contributed by atoms with E-state index in [0.717, 1.165) is 12.1 Å². The standard InChI is InChI=1S/C23H18F3N3O3/c1-31-19-8-7-17(11-20(19)32-2)27-22(30)18-13-29-12-15(6-9-21(29)28-18)14-4-3-5-16(10-14)23(24,25)26/h3-13H,1-2H3,(H,27,30). The highest BCUT2D eigenvalue weighted by atomic mass is 19.4. The van der Waals surface area contributed by atoms with E-state index in [0.29, 0.717) is 34.0 Å². The van der Waals surface area contributed by atoms with Gasteiger partial charge in [0.25, 0.3) is 5.91 Å². The van der Waals surface area contributed by atoms with Crippen LogP contribution >= 0.6 is 0 Å². The number of halogens is 3. The highest BCUT2D eigenvalue weighted by molar-refractivity contribution is 6.03. The van der Waals surface area contributed by atoms with Crippen molar-refractivity contribution in [2.24, 2.45) is 0 Å². The average Bonchev–Trinajstić information content (AvgIpc) is 3.22. The summed E-state index contributed by atoms with van der Waals surface area (Å²) in [6.45, 7) is 0. The highest BCUT2D eigenvalue weighted by Gasteiger charge is 2.30. The minimum Gasteiger partial charge on any atom is -0.493 e. The molecule has 6 nitrogen and oxygen atoms in total. The van der Waals surface area contributed by atoms with Crippen molar-refractivity contribution >= 4 is 17.2 Å². The van der Waals surface area contributed by atoms with Crippen LogP contribution in [-0.4, -0.2) is 29.5 Å². The number of benzene rings is 2. The van der Waals surface area contributed by atoms with E-state index in [1.165, 1.54) is 26.5 Å². The first-order valence-corrected chi connectivity index (χ1v) is 9.48. The first-order valence-electron chi connectivity index (χ1n) is 9.48. The number of methoxy groups -OCH3 is 2. The summed E-state index contributed by atoms with van der Waals surface area (Å²) in [7, 11) is 3.01. The molecule has 164 valence electrons. The molecule has 4 rings (SSSR count). The minimum atomic E-state index is -4.43. The number of anilines is 1. The largest absolute Gasteiger partial charge is 0.493 e. The molecule has 0 aliphatic carbocycles. The number of aromatic nitrogens is 2. The molecule has 0 aliphatic heterocycles. The Morgan fingerprint density at radius 2 is 1.72 bits per heavy atom. The molecule has 0 radical (unpaired) electrons. The van der Waals surface area contributed by atoms with E-state index in [1.807, 2.05) is 0 Å². The molecule has 32 heavy (non-hydrogen) atoms. The molecule has 4 aromatic rings. The molecule has 1 N–H and O–H groups in total. The van der Waals surface area contributed by atoms with E-state index in [1.54, 1.807) is 47.0 Å². The summed E-state index contributed by atoms with van der Waals surface area (Å²) in [4.78, 5) is 17.0. The Bertz CT molecular complexity index is 1300. The molecular weight excluding hydrogens is 423 g/mol. The third-order valence-corrected chi connectivity index (χ3v) is 4.85. The van der Waals surface area contributed by atoms with Crippen LogP contribution in [0.4, 0.5) is 18.9 Å². The Kier molecular flexibility index (Phi) is 5.48. The highest BCUT2D eigenvalue weighted by Crippen LogP contribution is 2.32. The molecule has 9 heteroatoms. The third-order valence-electron chi connectivity index (χ3n) is 4.85. The smallest absolute Gasteiger partial charge is 0.416 e. The summed E-state index contributed by atoms with van der Waals surface area (Å²) >= 11 is 0. The van der Waals surface area contributed by atoms with Gasteiger partial charge in [-0.05, 0) is 47.5 Å². The molecule has 1 amide bonds. The zero-order chi connectivity index (χ0) is 22.9. The van der Waals surface area contributed by atoms with Gasteiger partial charge >= 0.3 is 6.18 Å². The molecule has 0 unspecified atom stereocenters. The van der Waals surface area contributed by atoms with Gasteiger partial charge in [0, 0.05) is 24.1 Å². The number of rotatable bonds is 5. The molecule has 0 aliphatic rings. The number of imidazole rings is 1. The fourth-order valence-corrected chi connectivity index (χ4v) is 3.26. The van der Waals surface area contributed by atoms with Crippen LogP contribution in [0.15, 0.2) is 67.0 Å². The second kappa shape index (κ2) is 8.26. The zero-order valence-electron chi connectivity index (χ0n) is 17.1. The van der Waals surface area contributed by atoms with Gasteiger partial charge in [0.15, 0.2) is 11.5 Å². The fraction of sp³-hybridized carbons (Fsp3) is 0.130. The van der Waals surface area contributed by atoms with Gasteiger partial charge in [-0.15, -0.1) is 0 Å². The van der Waals surface area contributed by atoms with Crippen LogP contribution < -0.4 is 14.8 Å². The quantitative estimate of drug-likeness (QED) is 0.457. The van der Waals surface area contributed by atoms with Gasteiger partial charge in [0.2, 0.25) is 0 Å². The summed E-state index contributed by atoms with van der Waals surface area (Å²) in [5.74, 6) is 0.549. The van der Waals surface area contributed by atoms with E-state index < -0.39 is 17.6 Å². The average molecular weight is 441 g/mol. The van der Waals surface area contributed by atoms with Gasteiger partial charge in [0.05, 0.1) is 19.8 Å². The lowest BCUT2D eigenvalue weighted by atomic mass is 10.0. The molecule has 0 saturated heterocycles. The maximum atomic E-state index is 13.0. The second-order valence-corrected chi connectivity index (χ2v) is 6.91. The predicted molar refractivity (Wildman–Crippen MR) is 113 cm³/mol. The van der Waals surface area contributed by atoms with E-state index in [9.17, 15) is 18.0 Å². The number of hydrogen-bond acceptors (Lipinski definition) is 4. The van der Waals surface area contributed by atoms with Crippen LogP contribution in [0.3, 0.4) is 0 Å². The number of pyridine rings is 1. The number of hydrogen-bond donors (Lipinski definition) is 1. The summed E-state index contributed by atoms with van der Waals surface area (Å²) in [6.07, 6.45) is -1.28. The first kappa shape index (κ1) is 21.2. The van der Waals surface area contributed by atoms with Gasteiger partial charge in [-0.3, -0.25) is 4.79 Å². The van der Waals surface area contributed by atoms with Gasteiger partial charge in [-0.1, -0.05) is 12.1 Å². The summed E-state index contributed by atoms with van der Waals surface area (Å²) < 4.78 is 51.1. The maximum absolute atomic E-state index is 13.0. The Hall–Kier alpha value is -4.01. The number of fused-ring (bicyclic) bond motifs is 1. The van der Waals surface area contributed by atoms with Crippen LogP contribution in [0.1, 0.15) is 16.1 Å². The molecular formula is C23H18F3N3O3. The Labute approximate surface area is 181 Å². The normalized spacial score (nSPS) is 11.4. The molecule has 2 aromatic carbocycles. The SMILES string of the molecule is COc1ccc(NC(=O)c2cn3cc(-c4cccc(C(F)(F)F)c4)ccc3n2)cc1OC. The zero-order valence-corrected chi connectivity index (χ0v) is 17.1. The Morgan fingerprint density at radius 3 is 2.44 bits per heavy atom. The number of carbonyl (C=O) groups excluding carboxylic acids is 1. The van der Waals surface area contributed by atoms with Gasteiger partial charge < -0.3 is 19.2 Å². The Balaban J connectivity index is 1.60. The van der Waals surface area contributed by atoms with Crippen molar-refractivity contribution in [3.63, 3.8) is 0 Å². The molecule has 0 saturated carbocycles. The first-order chi connectivity index (χ1) is 15.3. The monoisotopic (exact) mass is 441 g/mol. The fourth-order valence-electron chi connectivity index (χ4n) is 3.26. The number of alkyl halides is 3. The van der Waals surface area contributed by atoms with E-state index >= 15 is 0 Å². The molecule has 0 atom stereocenters. The molecule has 0 spiro atoms. The minimum absolute atomic E-state index is 0.154. The Morgan fingerprint density at radius 1 is 0.938 bits per heavy atom. The van der Waals surface area contributed by atoms with E-state index in [-0.39, 0.29) is 5.69 Å². The van der Waals surface area contributed by atoms with E-state index in [2.05, 4.69) is 10.3 Å². The summed E-state index contributed by atoms with van der Waals surface area (Å²) in [6, 6.07) is 13.3. The van der Waals surface area contributed by atoms with Gasteiger partial charge in [-0.2, -0.15) is 13.2 Å². The number of amides is 1.